The molecule has 0 spiro atoms. The average Bonchev–Trinajstić information content (AvgIpc) is 3.27. The lowest BCUT2D eigenvalue weighted by molar-refractivity contribution is 0.467. The Bertz CT molecular complexity index is 865. The van der Waals surface area contributed by atoms with Crippen LogP contribution < -0.4 is 4.90 Å². The zero-order chi connectivity index (χ0) is 16.7. The lowest BCUT2D eigenvalue weighted by Gasteiger charge is -2.23. The van der Waals surface area contributed by atoms with Crippen LogP contribution in [0.25, 0.3) is 10.9 Å². The molecule has 1 aromatic carbocycles. The van der Waals surface area contributed by atoms with Gasteiger partial charge in [0.05, 0.1) is 5.25 Å². The second-order valence-electron chi connectivity index (χ2n) is 6.47. The molecule has 0 saturated carbocycles. The third kappa shape index (κ3) is 2.56. The number of fused-ring (bicyclic) bond motifs is 1. The molecule has 0 bridgehead atoms. The van der Waals surface area contributed by atoms with Crippen LogP contribution in [0.1, 0.15) is 19.3 Å². The van der Waals surface area contributed by atoms with Crippen molar-refractivity contribution >= 4 is 26.6 Å². The highest BCUT2D eigenvalue weighted by Crippen LogP contribution is 2.32. The quantitative estimate of drug-likeness (QED) is 0.854. The highest BCUT2D eigenvalue weighted by atomic mass is 32.2. The van der Waals surface area contributed by atoms with Crippen LogP contribution in [0.4, 0.5) is 10.1 Å². The van der Waals surface area contributed by atoms with E-state index < -0.39 is 10.0 Å². The molecule has 5 nitrogen and oxygen atoms in total. The maximum Gasteiger partial charge on any atom is 0.218 e. The second-order valence-corrected chi connectivity index (χ2v) is 8.69. The lowest BCUT2D eigenvalue weighted by Crippen LogP contribution is -2.38. The van der Waals surface area contributed by atoms with E-state index in [0.29, 0.717) is 38.1 Å². The summed E-state index contributed by atoms with van der Waals surface area (Å²) >= 11 is 0. The smallest absolute Gasteiger partial charge is 0.218 e. The fraction of sp³-hybridized carbons (Fsp3) is 0.471. The van der Waals surface area contributed by atoms with Crippen LogP contribution >= 0.6 is 0 Å². The van der Waals surface area contributed by atoms with Crippen LogP contribution in [-0.2, 0) is 10.0 Å². The van der Waals surface area contributed by atoms with E-state index in [0.717, 1.165) is 23.9 Å². The zero-order valence-electron chi connectivity index (χ0n) is 13.4. The van der Waals surface area contributed by atoms with Crippen molar-refractivity contribution in [1.29, 1.82) is 0 Å². The Morgan fingerprint density at radius 2 is 1.92 bits per heavy atom. The van der Waals surface area contributed by atoms with Crippen molar-refractivity contribution in [1.82, 2.24) is 9.29 Å². The van der Waals surface area contributed by atoms with Crippen LogP contribution in [0.3, 0.4) is 0 Å². The standard InChI is InChI=1S/C17H20FN3O2S/c18-15-5-3-4-14-16(6-8-19-17(14)15)20-11-7-13(12-20)24(22,23)21-9-1-2-10-21/h3-6,8,13H,1-2,7,9-12H2/t13-/m1/s1. The third-order valence-electron chi connectivity index (χ3n) is 5.03. The Hall–Kier alpha value is -1.73. The van der Waals surface area contributed by atoms with E-state index in [9.17, 15) is 12.8 Å². The normalized spacial score (nSPS) is 22.5. The molecule has 2 fully saturated rings. The van der Waals surface area contributed by atoms with E-state index in [1.165, 1.54) is 6.07 Å². The van der Waals surface area contributed by atoms with E-state index in [1.54, 1.807) is 16.6 Å². The summed E-state index contributed by atoms with van der Waals surface area (Å²) in [6, 6.07) is 6.73. The van der Waals surface area contributed by atoms with Crippen molar-refractivity contribution in [3.8, 4) is 0 Å². The molecule has 1 atom stereocenters. The molecule has 3 heterocycles. The molecule has 0 radical (unpaired) electrons. The van der Waals surface area contributed by atoms with Gasteiger partial charge in [-0.25, -0.2) is 17.1 Å². The SMILES string of the molecule is O=S(=O)([C@@H]1CCN(c2ccnc3c(F)cccc23)C1)N1CCCC1. The van der Waals surface area contributed by atoms with Gasteiger partial charge in [-0.2, -0.15) is 0 Å². The number of anilines is 1. The minimum Gasteiger partial charge on any atom is -0.370 e. The maximum absolute atomic E-state index is 13.9. The van der Waals surface area contributed by atoms with Gasteiger partial charge in [0.25, 0.3) is 0 Å². The van der Waals surface area contributed by atoms with E-state index >= 15 is 0 Å². The fourth-order valence-corrected chi connectivity index (χ4v) is 5.71. The second kappa shape index (κ2) is 5.97. The van der Waals surface area contributed by atoms with E-state index in [2.05, 4.69) is 4.98 Å². The van der Waals surface area contributed by atoms with Crippen LogP contribution in [0.15, 0.2) is 30.5 Å². The number of hydrogen-bond acceptors (Lipinski definition) is 4. The third-order valence-corrected chi connectivity index (χ3v) is 7.34. The van der Waals surface area contributed by atoms with Crippen molar-refractivity contribution in [2.45, 2.75) is 24.5 Å². The van der Waals surface area contributed by atoms with Gasteiger partial charge in [0.1, 0.15) is 11.3 Å². The number of halogens is 1. The first-order chi connectivity index (χ1) is 11.6. The molecule has 2 aromatic rings. The molecule has 128 valence electrons. The largest absolute Gasteiger partial charge is 0.370 e. The number of benzene rings is 1. The van der Waals surface area contributed by atoms with Gasteiger partial charge in [-0.05, 0) is 31.4 Å². The molecule has 0 aliphatic carbocycles. The van der Waals surface area contributed by atoms with Gasteiger partial charge < -0.3 is 4.90 Å². The summed E-state index contributed by atoms with van der Waals surface area (Å²) in [7, 11) is -3.24. The summed E-state index contributed by atoms with van der Waals surface area (Å²) < 4.78 is 41.1. The maximum atomic E-state index is 13.9. The number of nitrogens with zero attached hydrogens (tertiary/aromatic N) is 3. The highest BCUT2D eigenvalue weighted by Gasteiger charge is 2.38. The summed E-state index contributed by atoms with van der Waals surface area (Å²) in [5.74, 6) is -0.352. The van der Waals surface area contributed by atoms with E-state index in [1.807, 2.05) is 17.0 Å². The lowest BCUT2D eigenvalue weighted by atomic mass is 10.1. The fourth-order valence-electron chi connectivity index (χ4n) is 3.74. The van der Waals surface area contributed by atoms with Gasteiger partial charge in [-0.3, -0.25) is 4.98 Å². The summed E-state index contributed by atoms with van der Waals surface area (Å²) in [6.45, 7) is 2.40. The van der Waals surface area contributed by atoms with Gasteiger partial charge >= 0.3 is 0 Å². The summed E-state index contributed by atoms with van der Waals surface area (Å²) in [5, 5.41) is 0.351. The van der Waals surface area contributed by atoms with Gasteiger partial charge in [-0.1, -0.05) is 12.1 Å². The number of aromatic nitrogens is 1. The van der Waals surface area contributed by atoms with Gasteiger partial charge in [-0.15, -0.1) is 0 Å². The monoisotopic (exact) mass is 349 g/mol. The van der Waals surface area contributed by atoms with E-state index in [-0.39, 0.29) is 11.1 Å². The van der Waals surface area contributed by atoms with Gasteiger partial charge in [0.2, 0.25) is 10.0 Å². The Kier molecular flexibility index (Phi) is 3.92. The Morgan fingerprint density at radius 1 is 1.12 bits per heavy atom. The summed E-state index contributed by atoms with van der Waals surface area (Å²) in [5.41, 5.74) is 1.19. The first-order valence-corrected chi connectivity index (χ1v) is 9.85. The summed E-state index contributed by atoms with van der Waals surface area (Å²) in [4.78, 5) is 6.16. The van der Waals surface area contributed by atoms with Crippen LogP contribution in [-0.4, -0.2) is 49.1 Å². The van der Waals surface area contributed by atoms with Crippen molar-refractivity contribution in [2.75, 3.05) is 31.1 Å². The molecular formula is C17H20FN3O2S. The molecule has 24 heavy (non-hydrogen) atoms. The number of pyridine rings is 1. The molecule has 0 unspecified atom stereocenters. The molecule has 1 aromatic heterocycles. The highest BCUT2D eigenvalue weighted by molar-refractivity contribution is 7.89. The minimum atomic E-state index is -3.24. The Morgan fingerprint density at radius 3 is 2.71 bits per heavy atom. The van der Waals surface area contributed by atoms with Crippen molar-refractivity contribution in [3.63, 3.8) is 0 Å². The molecule has 7 heteroatoms. The number of hydrogen-bond donors (Lipinski definition) is 0. The van der Waals surface area contributed by atoms with Gasteiger partial charge in [0, 0.05) is 43.4 Å². The van der Waals surface area contributed by atoms with Crippen molar-refractivity contribution in [2.24, 2.45) is 0 Å². The average molecular weight is 349 g/mol. The predicted octanol–water partition coefficient (Wildman–Crippen LogP) is 2.38. The molecular weight excluding hydrogens is 329 g/mol. The molecule has 0 N–H and O–H groups in total. The van der Waals surface area contributed by atoms with E-state index in [4.69, 9.17) is 0 Å². The Balaban J connectivity index is 1.63. The van der Waals surface area contributed by atoms with Crippen molar-refractivity contribution in [3.05, 3.63) is 36.3 Å². The molecule has 0 amide bonds. The predicted molar refractivity (Wildman–Crippen MR) is 92.0 cm³/mol. The van der Waals surface area contributed by atoms with Crippen LogP contribution in [0.5, 0.6) is 0 Å². The number of sulfonamides is 1. The molecule has 4 rings (SSSR count). The number of rotatable bonds is 3. The first-order valence-electron chi connectivity index (χ1n) is 8.34. The molecule has 2 aliphatic rings. The topological polar surface area (TPSA) is 53.5 Å². The molecule has 2 aliphatic heterocycles. The van der Waals surface area contributed by atoms with Crippen LogP contribution in [0.2, 0.25) is 0 Å². The Labute approximate surface area is 141 Å². The number of para-hydroxylation sites is 1. The van der Waals surface area contributed by atoms with Crippen molar-refractivity contribution < 1.29 is 12.8 Å². The van der Waals surface area contributed by atoms with Gasteiger partial charge in [0.15, 0.2) is 0 Å². The zero-order valence-corrected chi connectivity index (χ0v) is 14.2. The first kappa shape index (κ1) is 15.8. The molecule has 2 saturated heterocycles. The summed E-state index contributed by atoms with van der Waals surface area (Å²) in [6.07, 6.45) is 4.09. The minimum absolute atomic E-state index is 0.334. The van der Waals surface area contributed by atoms with Crippen LogP contribution in [0, 0.1) is 5.82 Å².